The van der Waals surface area contributed by atoms with E-state index in [0.717, 1.165) is 6.42 Å². The zero-order chi connectivity index (χ0) is 13.9. The lowest BCUT2D eigenvalue weighted by molar-refractivity contribution is -0.185. The SMILES string of the molecule is OC(CCc1ccsc1)C1CCC(C(F)(F)F)CC1. The third-order valence-electron chi connectivity index (χ3n) is 4.09. The fourth-order valence-electron chi connectivity index (χ4n) is 2.82. The van der Waals surface area contributed by atoms with Gasteiger partial charge in [-0.3, -0.25) is 0 Å². The monoisotopic (exact) mass is 292 g/mol. The first-order valence-corrected chi connectivity index (χ1v) is 7.67. The number of hydrogen-bond acceptors (Lipinski definition) is 2. The minimum Gasteiger partial charge on any atom is -0.393 e. The first-order valence-electron chi connectivity index (χ1n) is 6.72. The van der Waals surface area contributed by atoms with Crippen LogP contribution >= 0.6 is 11.3 Å². The maximum absolute atomic E-state index is 12.5. The van der Waals surface area contributed by atoms with Crippen molar-refractivity contribution >= 4 is 11.3 Å². The Morgan fingerprint density at radius 2 is 1.95 bits per heavy atom. The van der Waals surface area contributed by atoms with E-state index in [9.17, 15) is 18.3 Å². The fraction of sp³-hybridized carbons (Fsp3) is 0.714. The molecule has 1 aromatic heterocycles. The van der Waals surface area contributed by atoms with Gasteiger partial charge in [-0.15, -0.1) is 0 Å². The molecule has 108 valence electrons. The molecule has 2 rings (SSSR count). The van der Waals surface area contributed by atoms with Gasteiger partial charge in [-0.05, 0) is 66.8 Å². The van der Waals surface area contributed by atoms with Gasteiger partial charge < -0.3 is 5.11 Å². The van der Waals surface area contributed by atoms with Crippen LogP contribution < -0.4 is 0 Å². The van der Waals surface area contributed by atoms with Crippen molar-refractivity contribution in [3.8, 4) is 0 Å². The van der Waals surface area contributed by atoms with Crippen molar-refractivity contribution in [3.05, 3.63) is 22.4 Å². The molecule has 0 bridgehead atoms. The molecule has 1 unspecified atom stereocenters. The molecule has 1 aromatic rings. The summed E-state index contributed by atoms with van der Waals surface area (Å²) < 4.78 is 37.6. The molecule has 0 spiro atoms. The lowest BCUT2D eigenvalue weighted by Crippen LogP contribution is -2.32. The molecule has 5 heteroatoms. The van der Waals surface area contributed by atoms with E-state index in [1.807, 2.05) is 16.8 Å². The van der Waals surface area contributed by atoms with E-state index in [-0.39, 0.29) is 18.8 Å². The van der Waals surface area contributed by atoms with Crippen molar-refractivity contribution in [2.45, 2.75) is 50.8 Å². The molecule has 1 aliphatic rings. The van der Waals surface area contributed by atoms with Crippen molar-refractivity contribution in [2.75, 3.05) is 0 Å². The summed E-state index contributed by atoms with van der Waals surface area (Å²) >= 11 is 1.62. The topological polar surface area (TPSA) is 20.2 Å². The summed E-state index contributed by atoms with van der Waals surface area (Å²) in [4.78, 5) is 0. The van der Waals surface area contributed by atoms with E-state index >= 15 is 0 Å². The summed E-state index contributed by atoms with van der Waals surface area (Å²) in [7, 11) is 0. The van der Waals surface area contributed by atoms with Crippen LogP contribution in [-0.4, -0.2) is 17.4 Å². The molecule has 19 heavy (non-hydrogen) atoms. The summed E-state index contributed by atoms with van der Waals surface area (Å²) in [6.45, 7) is 0. The summed E-state index contributed by atoms with van der Waals surface area (Å²) in [5.74, 6) is -1.12. The highest BCUT2D eigenvalue weighted by atomic mass is 32.1. The Morgan fingerprint density at radius 3 is 2.47 bits per heavy atom. The van der Waals surface area contributed by atoms with Crippen LogP contribution in [0.2, 0.25) is 0 Å². The maximum atomic E-state index is 12.5. The molecule has 0 amide bonds. The first kappa shape index (κ1) is 14.9. The first-order chi connectivity index (χ1) is 8.97. The van der Waals surface area contributed by atoms with E-state index in [1.54, 1.807) is 11.3 Å². The van der Waals surface area contributed by atoms with E-state index in [4.69, 9.17) is 0 Å². The second-order valence-corrected chi connectivity index (χ2v) is 6.17. The summed E-state index contributed by atoms with van der Waals surface area (Å²) in [5.41, 5.74) is 1.20. The predicted octanol–water partition coefficient (Wildman–Crippen LogP) is 4.41. The molecule has 0 aromatic carbocycles. The molecule has 1 atom stereocenters. The van der Waals surface area contributed by atoms with Gasteiger partial charge in [0.1, 0.15) is 0 Å². The van der Waals surface area contributed by atoms with Crippen molar-refractivity contribution in [1.29, 1.82) is 0 Å². The third kappa shape index (κ3) is 4.21. The van der Waals surface area contributed by atoms with Gasteiger partial charge in [0.15, 0.2) is 0 Å². The van der Waals surface area contributed by atoms with Crippen LogP contribution in [-0.2, 0) is 6.42 Å². The lowest BCUT2D eigenvalue weighted by Gasteiger charge is -2.32. The molecular formula is C14H19F3OS. The molecule has 1 heterocycles. The molecule has 1 aliphatic carbocycles. The van der Waals surface area contributed by atoms with E-state index in [0.29, 0.717) is 19.3 Å². The van der Waals surface area contributed by atoms with Crippen LogP contribution in [0.4, 0.5) is 13.2 Å². The van der Waals surface area contributed by atoms with Crippen molar-refractivity contribution in [2.24, 2.45) is 11.8 Å². The Morgan fingerprint density at radius 1 is 1.26 bits per heavy atom. The normalized spacial score (nSPS) is 26.3. The molecule has 0 saturated heterocycles. The standard InChI is InChI=1S/C14H19F3OS/c15-14(16,17)12-4-2-11(3-5-12)13(18)6-1-10-7-8-19-9-10/h7-9,11-13,18H,1-6H2. The van der Waals surface area contributed by atoms with E-state index < -0.39 is 18.2 Å². The maximum Gasteiger partial charge on any atom is 0.391 e. The van der Waals surface area contributed by atoms with Gasteiger partial charge in [-0.25, -0.2) is 0 Å². The van der Waals surface area contributed by atoms with Gasteiger partial charge >= 0.3 is 6.18 Å². The highest BCUT2D eigenvalue weighted by Gasteiger charge is 2.42. The average Bonchev–Trinajstić information content (AvgIpc) is 2.88. The third-order valence-corrected chi connectivity index (χ3v) is 4.82. The highest BCUT2D eigenvalue weighted by Crippen LogP contribution is 2.40. The molecule has 0 radical (unpaired) electrons. The molecule has 0 aliphatic heterocycles. The summed E-state index contributed by atoms with van der Waals surface area (Å²) in [5, 5.41) is 14.1. The second-order valence-electron chi connectivity index (χ2n) is 5.39. The van der Waals surface area contributed by atoms with Gasteiger partial charge in [0.25, 0.3) is 0 Å². The summed E-state index contributed by atoms with van der Waals surface area (Å²) in [6.07, 6.45) is -1.74. The zero-order valence-corrected chi connectivity index (χ0v) is 11.5. The van der Waals surface area contributed by atoms with E-state index in [1.165, 1.54) is 5.56 Å². The van der Waals surface area contributed by atoms with Crippen LogP contribution in [0.5, 0.6) is 0 Å². The Bertz CT molecular complexity index is 367. The van der Waals surface area contributed by atoms with Crippen molar-refractivity contribution < 1.29 is 18.3 Å². The number of hydrogen-bond donors (Lipinski definition) is 1. The Balaban J connectivity index is 1.74. The number of rotatable bonds is 4. The van der Waals surface area contributed by atoms with Crippen molar-refractivity contribution in [1.82, 2.24) is 0 Å². The van der Waals surface area contributed by atoms with Gasteiger partial charge in [-0.1, -0.05) is 0 Å². The van der Waals surface area contributed by atoms with Gasteiger partial charge in [0.05, 0.1) is 12.0 Å². The number of alkyl halides is 3. The molecule has 1 fully saturated rings. The number of thiophene rings is 1. The quantitative estimate of drug-likeness (QED) is 0.871. The minimum atomic E-state index is -4.06. The molecular weight excluding hydrogens is 273 g/mol. The lowest BCUT2D eigenvalue weighted by atomic mass is 9.78. The Labute approximate surface area is 115 Å². The average molecular weight is 292 g/mol. The van der Waals surface area contributed by atoms with Crippen molar-refractivity contribution in [3.63, 3.8) is 0 Å². The molecule has 1 saturated carbocycles. The fourth-order valence-corrected chi connectivity index (χ4v) is 3.52. The predicted molar refractivity (Wildman–Crippen MR) is 70.1 cm³/mol. The van der Waals surface area contributed by atoms with Gasteiger partial charge in [0.2, 0.25) is 0 Å². The zero-order valence-electron chi connectivity index (χ0n) is 10.7. The van der Waals surface area contributed by atoms with Crippen LogP contribution in [0.1, 0.15) is 37.7 Å². The van der Waals surface area contributed by atoms with Gasteiger partial charge in [-0.2, -0.15) is 24.5 Å². The van der Waals surface area contributed by atoms with Crippen LogP contribution in [0, 0.1) is 11.8 Å². The number of halogens is 3. The Kier molecular flexibility index (Phi) is 4.90. The largest absolute Gasteiger partial charge is 0.393 e. The Hall–Kier alpha value is -0.550. The number of aliphatic hydroxyl groups is 1. The van der Waals surface area contributed by atoms with Crippen LogP contribution in [0.3, 0.4) is 0 Å². The second kappa shape index (κ2) is 6.27. The smallest absolute Gasteiger partial charge is 0.391 e. The van der Waals surface area contributed by atoms with Crippen LogP contribution in [0.15, 0.2) is 16.8 Å². The number of aryl methyl sites for hydroxylation is 1. The van der Waals surface area contributed by atoms with Gasteiger partial charge in [0, 0.05) is 0 Å². The van der Waals surface area contributed by atoms with E-state index in [2.05, 4.69) is 0 Å². The molecule has 1 nitrogen and oxygen atoms in total. The van der Waals surface area contributed by atoms with Crippen LogP contribution in [0.25, 0.3) is 0 Å². The highest BCUT2D eigenvalue weighted by molar-refractivity contribution is 7.07. The molecule has 1 N–H and O–H groups in total. The minimum absolute atomic E-state index is 0.0391. The number of aliphatic hydroxyl groups excluding tert-OH is 1. The summed E-state index contributed by atoms with van der Waals surface area (Å²) in [6, 6.07) is 2.03.